The first-order chi connectivity index (χ1) is 12.7. The van der Waals surface area contributed by atoms with Crippen molar-refractivity contribution < 1.29 is 22.3 Å². The Hall–Kier alpha value is -2.30. The zero-order valence-corrected chi connectivity index (χ0v) is 16.3. The molecule has 2 aromatic rings. The maximum Gasteiger partial charge on any atom is 0.290 e. The topological polar surface area (TPSA) is 116 Å². The van der Waals surface area contributed by atoms with Crippen LogP contribution in [0.5, 0.6) is 0 Å². The maximum absolute atomic E-state index is 12.5. The Morgan fingerprint density at radius 3 is 2.44 bits per heavy atom. The number of non-ortho nitro benzene ring substituents is 1. The number of benzene rings is 2. The zero-order valence-electron chi connectivity index (χ0n) is 14.7. The fraction of sp³-hybridized carbons (Fsp3) is 0.294. The molecule has 27 heavy (non-hydrogen) atoms. The van der Waals surface area contributed by atoms with Crippen LogP contribution in [-0.4, -0.2) is 36.2 Å². The normalized spacial score (nSPS) is 13.7. The van der Waals surface area contributed by atoms with Gasteiger partial charge in [0, 0.05) is 30.7 Å². The number of ether oxygens (including phenoxy) is 1. The summed E-state index contributed by atoms with van der Waals surface area (Å²) in [4.78, 5) is 9.72. The summed E-state index contributed by atoms with van der Waals surface area (Å²) < 4.78 is 46.1. The summed E-state index contributed by atoms with van der Waals surface area (Å²) in [6.45, 7) is 0.723. The maximum atomic E-state index is 12.5. The lowest BCUT2D eigenvalue weighted by Gasteiger charge is -2.06. The van der Waals surface area contributed by atoms with E-state index < -0.39 is 24.7 Å². The van der Waals surface area contributed by atoms with Crippen molar-refractivity contribution in [3.63, 3.8) is 0 Å². The molecule has 0 aliphatic heterocycles. The Balaban J connectivity index is 1.98. The third-order valence-electron chi connectivity index (χ3n) is 3.51. The van der Waals surface area contributed by atoms with Crippen LogP contribution in [0.2, 0.25) is 0 Å². The second kappa shape index (κ2) is 9.07. The molecule has 0 aliphatic carbocycles. The molecule has 2 rings (SSSR count). The molecule has 0 fully saturated rings. The van der Waals surface area contributed by atoms with E-state index in [9.17, 15) is 22.7 Å². The van der Waals surface area contributed by atoms with Gasteiger partial charge in [-0.1, -0.05) is 36.4 Å². The quantitative estimate of drug-likeness (QED) is 0.355. The predicted molar refractivity (Wildman–Crippen MR) is 102 cm³/mol. The molecule has 146 valence electrons. The van der Waals surface area contributed by atoms with E-state index in [2.05, 4.69) is 3.77 Å². The van der Waals surface area contributed by atoms with E-state index in [-0.39, 0.29) is 16.3 Å². The second-order valence-electron chi connectivity index (χ2n) is 5.86. The van der Waals surface area contributed by atoms with Crippen molar-refractivity contribution in [3.05, 3.63) is 70.3 Å². The van der Waals surface area contributed by atoms with Gasteiger partial charge >= 0.3 is 0 Å². The summed E-state index contributed by atoms with van der Waals surface area (Å²) >= 11 is 0. The van der Waals surface area contributed by atoms with Gasteiger partial charge in [-0.05, 0) is 18.1 Å². The summed E-state index contributed by atoms with van der Waals surface area (Å²) in [5.74, 6) is 0.0376. The van der Waals surface area contributed by atoms with Gasteiger partial charge in [-0.3, -0.25) is 10.1 Å². The van der Waals surface area contributed by atoms with Gasteiger partial charge in [-0.25, -0.2) is 4.21 Å². The molecule has 8 nitrogen and oxygen atoms in total. The van der Waals surface area contributed by atoms with Gasteiger partial charge in [0.15, 0.2) is 0 Å². The van der Waals surface area contributed by atoms with Crippen molar-refractivity contribution in [2.75, 3.05) is 18.6 Å². The number of rotatable bonds is 9. The van der Waals surface area contributed by atoms with Crippen molar-refractivity contribution in [1.82, 2.24) is 0 Å². The van der Waals surface area contributed by atoms with Crippen LogP contribution in [0.4, 0.5) is 5.69 Å². The van der Waals surface area contributed by atoms with Crippen LogP contribution >= 0.6 is 0 Å². The molecule has 0 saturated carbocycles. The molecule has 0 bridgehead atoms. The predicted octanol–water partition coefficient (Wildman–Crippen LogP) is 2.99. The molecule has 0 radical (unpaired) electrons. The van der Waals surface area contributed by atoms with Gasteiger partial charge < -0.3 is 4.74 Å². The standard InChI is InChI=1S/C17H20N2O6S2/c1-26(22,12-6-11-25-14-15-7-3-2-4-8-15)18-27(23,24)17-10-5-9-16(13-17)19(20)21/h2-5,7-10,13H,6,11-12,14H2,1H3/t26-/m1/s1. The summed E-state index contributed by atoms with van der Waals surface area (Å²) in [6.07, 6.45) is 1.62. The molecule has 10 heteroatoms. The summed E-state index contributed by atoms with van der Waals surface area (Å²) in [7, 11) is -7.28. The monoisotopic (exact) mass is 412 g/mol. The largest absolute Gasteiger partial charge is 0.377 e. The highest BCUT2D eigenvalue weighted by Gasteiger charge is 2.19. The highest BCUT2D eigenvalue weighted by Crippen LogP contribution is 2.20. The Labute approximate surface area is 158 Å². The van der Waals surface area contributed by atoms with Crippen LogP contribution < -0.4 is 0 Å². The minimum absolute atomic E-state index is 0.0376. The molecule has 0 heterocycles. The van der Waals surface area contributed by atoms with Crippen LogP contribution in [-0.2, 0) is 31.1 Å². The van der Waals surface area contributed by atoms with Crippen molar-refractivity contribution in [1.29, 1.82) is 0 Å². The first-order valence-corrected chi connectivity index (χ1v) is 11.6. The number of nitro benzene ring substituents is 1. The molecule has 0 N–H and O–H groups in total. The summed E-state index contributed by atoms with van der Waals surface area (Å²) in [5, 5.41) is 10.8. The lowest BCUT2D eigenvalue weighted by Crippen LogP contribution is -2.10. The zero-order chi connectivity index (χ0) is 19.9. The van der Waals surface area contributed by atoms with E-state index in [1.165, 1.54) is 24.5 Å². The lowest BCUT2D eigenvalue weighted by molar-refractivity contribution is -0.385. The van der Waals surface area contributed by atoms with Gasteiger partial charge in [0.05, 0.1) is 26.2 Å². The fourth-order valence-electron chi connectivity index (χ4n) is 2.24. The Kier molecular flexibility index (Phi) is 7.05. The summed E-state index contributed by atoms with van der Waals surface area (Å²) in [6, 6.07) is 14.0. The highest BCUT2D eigenvalue weighted by atomic mass is 32.3. The number of hydrogen-bond acceptors (Lipinski definition) is 6. The van der Waals surface area contributed by atoms with E-state index in [0.717, 1.165) is 11.6 Å². The fourth-order valence-corrected chi connectivity index (χ4v) is 5.72. The molecule has 0 amide bonds. The van der Waals surface area contributed by atoms with Gasteiger partial charge in [-0.15, -0.1) is 3.77 Å². The van der Waals surface area contributed by atoms with Crippen LogP contribution in [0, 0.1) is 10.1 Å². The molecule has 0 saturated heterocycles. The molecule has 0 aliphatic rings. The van der Waals surface area contributed by atoms with Crippen LogP contribution in [0.1, 0.15) is 12.0 Å². The number of nitro groups is 1. The van der Waals surface area contributed by atoms with E-state index in [1.807, 2.05) is 30.3 Å². The molecule has 1 atom stereocenters. The Bertz CT molecular complexity index is 1010. The van der Waals surface area contributed by atoms with Gasteiger partial charge in [0.25, 0.3) is 15.7 Å². The molecular formula is C17H20N2O6S2. The molecule has 0 unspecified atom stereocenters. The van der Waals surface area contributed by atoms with Gasteiger partial charge in [-0.2, -0.15) is 8.42 Å². The minimum Gasteiger partial charge on any atom is -0.377 e. The van der Waals surface area contributed by atoms with Gasteiger partial charge in [0.1, 0.15) is 0 Å². The third-order valence-corrected chi connectivity index (χ3v) is 7.45. The highest BCUT2D eigenvalue weighted by molar-refractivity contribution is 8.02. The molecule has 2 aromatic carbocycles. The second-order valence-corrected chi connectivity index (χ2v) is 10.2. The number of nitrogens with zero attached hydrogens (tertiary/aromatic N) is 2. The molecular weight excluding hydrogens is 392 g/mol. The first-order valence-electron chi connectivity index (χ1n) is 8.02. The number of sulfonamides is 1. The van der Waals surface area contributed by atoms with Crippen molar-refractivity contribution in [2.45, 2.75) is 17.9 Å². The first kappa shape index (κ1) is 21.0. The van der Waals surface area contributed by atoms with Gasteiger partial charge in [0.2, 0.25) is 0 Å². The Morgan fingerprint density at radius 2 is 1.78 bits per heavy atom. The van der Waals surface area contributed by atoms with E-state index in [1.54, 1.807) is 0 Å². The number of hydrogen-bond donors (Lipinski definition) is 0. The molecule has 0 aromatic heterocycles. The smallest absolute Gasteiger partial charge is 0.290 e. The van der Waals surface area contributed by atoms with Crippen LogP contribution in [0.15, 0.2) is 63.3 Å². The lowest BCUT2D eigenvalue weighted by atomic mass is 10.2. The van der Waals surface area contributed by atoms with E-state index in [0.29, 0.717) is 19.6 Å². The van der Waals surface area contributed by atoms with Crippen LogP contribution in [0.25, 0.3) is 0 Å². The molecule has 0 spiro atoms. The van der Waals surface area contributed by atoms with E-state index in [4.69, 9.17) is 4.74 Å². The average molecular weight is 412 g/mol. The third kappa shape index (κ3) is 6.74. The minimum atomic E-state index is -4.26. The van der Waals surface area contributed by atoms with Crippen molar-refractivity contribution in [3.8, 4) is 0 Å². The van der Waals surface area contributed by atoms with Crippen molar-refractivity contribution in [2.24, 2.45) is 3.77 Å². The summed E-state index contributed by atoms with van der Waals surface area (Å²) in [5.41, 5.74) is 0.635. The van der Waals surface area contributed by atoms with Crippen LogP contribution in [0.3, 0.4) is 0 Å². The Morgan fingerprint density at radius 1 is 1.07 bits per heavy atom. The van der Waals surface area contributed by atoms with Crippen molar-refractivity contribution >= 4 is 25.4 Å². The SMILES string of the molecule is C[S@@](=O)(CCCOCc1ccccc1)=NS(=O)(=O)c1cccc([N+](=O)[O-])c1. The average Bonchev–Trinajstić information content (AvgIpc) is 2.61. The van der Waals surface area contributed by atoms with E-state index >= 15 is 0 Å².